The summed E-state index contributed by atoms with van der Waals surface area (Å²) in [6.07, 6.45) is 0. The molecule has 0 atom stereocenters. The van der Waals surface area contributed by atoms with Crippen LogP contribution in [-0.2, 0) is 5.41 Å². The Morgan fingerprint density at radius 3 is 1.04 bits per heavy atom. The maximum atomic E-state index is 2.52. The van der Waals surface area contributed by atoms with Crippen LogP contribution in [0.25, 0.3) is 120 Å². The summed E-state index contributed by atoms with van der Waals surface area (Å²) < 4.78 is 0. The third-order valence-electron chi connectivity index (χ3n) is 16.1. The minimum absolute atomic E-state index is 0.500. The van der Waals surface area contributed by atoms with E-state index in [1.54, 1.807) is 0 Å². The largest absolute Gasteiger partial charge is 0.0713 e. The van der Waals surface area contributed by atoms with Gasteiger partial charge < -0.3 is 0 Å². The number of hydrogen-bond donors (Lipinski definition) is 0. The van der Waals surface area contributed by atoms with E-state index in [9.17, 15) is 0 Å². The lowest BCUT2D eigenvalue weighted by Crippen LogP contribution is -2.28. The molecule has 0 heteroatoms. The van der Waals surface area contributed by atoms with Crippen molar-refractivity contribution in [3.8, 4) is 55.6 Å². The van der Waals surface area contributed by atoms with Gasteiger partial charge in [-0.1, -0.05) is 255 Å². The predicted molar refractivity (Wildman–Crippen MR) is 311 cm³/mol. The molecule has 1 aliphatic rings. The molecule has 0 aromatic heterocycles. The first-order valence-corrected chi connectivity index (χ1v) is 25.5. The van der Waals surface area contributed by atoms with E-state index in [0.29, 0.717) is 0 Å². The first kappa shape index (κ1) is 41.4. The van der Waals surface area contributed by atoms with E-state index >= 15 is 0 Å². The van der Waals surface area contributed by atoms with E-state index in [0.717, 1.165) is 0 Å². The third kappa shape index (κ3) is 6.21. The summed E-state index contributed by atoms with van der Waals surface area (Å²) in [4.78, 5) is 0. The highest BCUT2D eigenvalue weighted by Gasteiger charge is 2.46. The zero-order valence-electron chi connectivity index (χ0n) is 40.1. The molecule has 0 nitrogen and oxygen atoms in total. The van der Waals surface area contributed by atoms with Crippen molar-refractivity contribution in [1.29, 1.82) is 0 Å². The van der Waals surface area contributed by atoms with Gasteiger partial charge in [0.05, 0.1) is 5.41 Å². The Kier molecular flexibility index (Phi) is 9.28. The SMILES string of the molecule is c1ccc(C2(c3ccccc3)c3ccccc3-c3ccc(-c4c5ccccc5c(-c5ccc6c(-c7ccc8ccccc8c7)c7ccccc7c(-c7ccc8ccccc8c7)c6c5)c5ccccc45)cc32)cc1. The summed E-state index contributed by atoms with van der Waals surface area (Å²) in [5.74, 6) is 0. The summed E-state index contributed by atoms with van der Waals surface area (Å²) in [5.41, 5.74) is 17.1. The Morgan fingerprint density at radius 1 is 0.192 bits per heavy atom. The van der Waals surface area contributed by atoms with Crippen LogP contribution in [-0.4, -0.2) is 0 Å². The monoisotopic (exact) mass is 922 g/mol. The number of fused-ring (bicyclic) bond motifs is 9. The lowest BCUT2D eigenvalue weighted by molar-refractivity contribution is 0.769. The fourth-order valence-electron chi connectivity index (χ4n) is 13.0. The molecule has 0 N–H and O–H groups in total. The Labute approximate surface area is 424 Å². The molecule has 1 aliphatic carbocycles. The van der Waals surface area contributed by atoms with Crippen molar-refractivity contribution < 1.29 is 0 Å². The number of hydrogen-bond acceptors (Lipinski definition) is 0. The van der Waals surface area contributed by atoms with Crippen LogP contribution < -0.4 is 0 Å². The molecule has 0 saturated carbocycles. The quantitative estimate of drug-likeness (QED) is 0.146. The lowest BCUT2D eigenvalue weighted by atomic mass is 9.67. The molecule has 0 heterocycles. The van der Waals surface area contributed by atoms with Crippen LogP contribution >= 0.6 is 0 Å². The molecular formula is C73H46. The van der Waals surface area contributed by atoms with Gasteiger partial charge in [-0.15, -0.1) is 0 Å². The number of benzene rings is 14. The van der Waals surface area contributed by atoms with Crippen LogP contribution in [0.1, 0.15) is 22.3 Å². The van der Waals surface area contributed by atoms with Crippen molar-refractivity contribution in [3.63, 3.8) is 0 Å². The van der Waals surface area contributed by atoms with Crippen molar-refractivity contribution in [3.05, 3.63) is 301 Å². The van der Waals surface area contributed by atoms with E-state index in [4.69, 9.17) is 0 Å². The van der Waals surface area contributed by atoms with Gasteiger partial charge in [0.2, 0.25) is 0 Å². The molecule has 0 bridgehead atoms. The first-order valence-electron chi connectivity index (χ1n) is 25.5. The normalized spacial score (nSPS) is 12.8. The summed E-state index contributed by atoms with van der Waals surface area (Å²) in [7, 11) is 0. The molecule has 14 aromatic carbocycles. The fourth-order valence-corrected chi connectivity index (χ4v) is 13.0. The van der Waals surface area contributed by atoms with Gasteiger partial charge in [0.25, 0.3) is 0 Å². The van der Waals surface area contributed by atoms with Crippen LogP contribution in [0.5, 0.6) is 0 Å². The lowest BCUT2D eigenvalue weighted by Gasteiger charge is -2.34. The minimum atomic E-state index is -0.500. The fraction of sp³-hybridized carbons (Fsp3) is 0.0137. The van der Waals surface area contributed by atoms with Crippen molar-refractivity contribution in [1.82, 2.24) is 0 Å². The molecule has 0 fully saturated rings. The second kappa shape index (κ2) is 16.4. The van der Waals surface area contributed by atoms with Gasteiger partial charge in [0.15, 0.2) is 0 Å². The van der Waals surface area contributed by atoms with E-state index in [1.807, 2.05) is 0 Å². The predicted octanol–water partition coefficient (Wildman–Crippen LogP) is 19.6. The molecule has 15 rings (SSSR count). The molecule has 0 unspecified atom stereocenters. The molecule has 73 heavy (non-hydrogen) atoms. The van der Waals surface area contributed by atoms with Crippen LogP contribution in [0.15, 0.2) is 279 Å². The molecule has 0 aliphatic heterocycles. The Balaban J connectivity index is 1.01. The number of rotatable bonds is 6. The molecule has 14 aromatic rings. The molecule has 0 spiro atoms. The zero-order chi connectivity index (χ0) is 48.0. The Bertz CT molecular complexity index is 4440. The minimum Gasteiger partial charge on any atom is -0.0622 e. The van der Waals surface area contributed by atoms with E-state index in [-0.39, 0.29) is 0 Å². The third-order valence-corrected chi connectivity index (χ3v) is 16.1. The van der Waals surface area contributed by atoms with Crippen LogP contribution in [0.4, 0.5) is 0 Å². The van der Waals surface area contributed by atoms with E-state index < -0.39 is 5.41 Å². The topological polar surface area (TPSA) is 0 Å². The first-order chi connectivity index (χ1) is 36.2. The Morgan fingerprint density at radius 2 is 0.534 bits per heavy atom. The van der Waals surface area contributed by atoms with Crippen molar-refractivity contribution in [2.24, 2.45) is 0 Å². The maximum Gasteiger partial charge on any atom is 0.0713 e. The van der Waals surface area contributed by atoms with Gasteiger partial charge >= 0.3 is 0 Å². The maximum absolute atomic E-state index is 2.52. The smallest absolute Gasteiger partial charge is 0.0622 e. The molecule has 0 amide bonds. The van der Waals surface area contributed by atoms with Crippen LogP contribution in [0.2, 0.25) is 0 Å². The average Bonchev–Trinajstić information content (AvgIpc) is 3.78. The van der Waals surface area contributed by atoms with Crippen molar-refractivity contribution in [2.75, 3.05) is 0 Å². The molecule has 0 radical (unpaired) electrons. The van der Waals surface area contributed by atoms with Crippen molar-refractivity contribution >= 4 is 64.6 Å². The zero-order valence-corrected chi connectivity index (χ0v) is 40.1. The highest BCUT2D eigenvalue weighted by atomic mass is 14.5. The van der Waals surface area contributed by atoms with Crippen LogP contribution in [0, 0.1) is 0 Å². The van der Waals surface area contributed by atoms with Gasteiger partial charge in [-0.25, -0.2) is 0 Å². The summed E-state index contributed by atoms with van der Waals surface area (Å²) in [6.45, 7) is 0. The molecule has 338 valence electrons. The average molecular weight is 923 g/mol. The van der Waals surface area contributed by atoms with Gasteiger partial charge in [-0.2, -0.15) is 0 Å². The van der Waals surface area contributed by atoms with Gasteiger partial charge in [-0.05, 0) is 167 Å². The van der Waals surface area contributed by atoms with Crippen molar-refractivity contribution in [2.45, 2.75) is 5.41 Å². The van der Waals surface area contributed by atoms with Gasteiger partial charge in [0.1, 0.15) is 0 Å². The Hall–Kier alpha value is -9.36. The molecule has 0 saturated heterocycles. The van der Waals surface area contributed by atoms with Crippen LogP contribution in [0.3, 0.4) is 0 Å². The van der Waals surface area contributed by atoms with Gasteiger partial charge in [0, 0.05) is 0 Å². The second-order valence-electron chi connectivity index (χ2n) is 19.8. The second-order valence-corrected chi connectivity index (χ2v) is 19.8. The molecular weight excluding hydrogens is 877 g/mol. The summed E-state index contributed by atoms with van der Waals surface area (Å²) in [5, 5.41) is 14.9. The van der Waals surface area contributed by atoms with Gasteiger partial charge in [-0.3, -0.25) is 0 Å². The van der Waals surface area contributed by atoms with E-state index in [2.05, 4.69) is 279 Å². The standard InChI is InChI=1S/C73H46/c1-3-23-55(24-4-1)73(56-25-5-2-6-26-56)67-34-18-17-27-57(67)58-41-39-54(46-68(58)73)71-61-30-13-11-28-59(61)70(60-29-12-14-31-62(60)71)53-40-42-65-66(45-53)72(52-38-36-48-20-8-10-22-50(48)44-52)64-33-16-15-32-63(64)69(65)51-37-35-47-19-7-9-21-49(47)43-51/h1-46H. The van der Waals surface area contributed by atoms with E-state index in [1.165, 1.54) is 143 Å². The summed E-state index contributed by atoms with van der Waals surface area (Å²) >= 11 is 0. The summed E-state index contributed by atoms with van der Waals surface area (Å²) in [6, 6.07) is 105. The highest BCUT2D eigenvalue weighted by Crippen LogP contribution is 2.57. The highest BCUT2D eigenvalue weighted by molar-refractivity contribution is 6.25.